The van der Waals surface area contributed by atoms with Gasteiger partial charge in [-0.3, -0.25) is 14.6 Å². The summed E-state index contributed by atoms with van der Waals surface area (Å²) in [6, 6.07) is 6.23. The Hall–Kier alpha value is -1.83. The lowest BCUT2D eigenvalue weighted by Gasteiger charge is -2.49. The van der Waals surface area contributed by atoms with Gasteiger partial charge in [-0.25, -0.2) is 0 Å². The Morgan fingerprint density at radius 1 is 1.09 bits per heavy atom. The summed E-state index contributed by atoms with van der Waals surface area (Å²) in [6.07, 6.45) is 4.93. The Morgan fingerprint density at radius 3 is 2.74 bits per heavy atom. The number of fused-ring (bicyclic) bond motifs is 3. The van der Waals surface area contributed by atoms with Crippen LogP contribution in [0.3, 0.4) is 0 Å². The molecule has 0 aromatic heterocycles. The van der Waals surface area contributed by atoms with Gasteiger partial charge in [0.15, 0.2) is 11.5 Å². The minimum atomic E-state index is -0.0477. The van der Waals surface area contributed by atoms with E-state index in [0.717, 1.165) is 57.2 Å². The van der Waals surface area contributed by atoms with Crippen LogP contribution in [0.1, 0.15) is 45.1 Å². The van der Waals surface area contributed by atoms with E-state index in [4.69, 9.17) is 18.9 Å². The molecule has 6 aliphatic rings. The number of hydrogen-bond donors (Lipinski definition) is 0. The fourth-order valence-corrected chi connectivity index (χ4v) is 8.15. The van der Waals surface area contributed by atoms with Crippen LogP contribution in [0.25, 0.3) is 0 Å². The van der Waals surface area contributed by atoms with Gasteiger partial charge < -0.3 is 18.9 Å². The maximum absolute atomic E-state index is 13.0. The molecule has 1 spiro atoms. The van der Waals surface area contributed by atoms with E-state index in [-0.39, 0.29) is 41.0 Å². The topological polar surface area (TPSA) is 63.8 Å². The van der Waals surface area contributed by atoms with Gasteiger partial charge in [0.2, 0.25) is 6.79 Å². The number of carbonyl (C=O) groups excluding carboxylic acids is 1. The molecule has 7 atom stereocenters. The molecule has 1 aromatic carbocycles. The number of piperazine rings is 1. The summed E-state index contributed by atoms with van der Waals surface area (Å²) in [5.41, 5.74) is 1.40. The van der Waals surface area contributed by atoms with Crippen LogP contribution in [0.4, 0.5) is 0 Å². The quantitative estimate of drug-likeness (QED) is 0.497. The second-order valence-corrected chi connectivity index (χ2v) is 11.8. The lowest BCUT2D eigenvalue weighted by Crippen LogP contribution is -2.55. The first-order valence-electron chi connectivity index (χ1n) is 13.2. The fraction of sp³-hybridized carbons (Fsp3) is 0.741. The van der Waals surface area contributed by atoms with E-state index < -0.39 is 0 Å². The summed E-state index contributed by atoms with van der Waals surface area (Å²) < 4.78 is 23.6. The van der Waals surface area contributed by atoms with Crippen molar-refractivity contribution in [2.45, 2.75) is 63.9 Å². The number of carbonyl (C=O) groups is 1. The van der Waals surface area contributed by atoms with Gasteiger partial charge in [-0.15, -0.1) is 0 Å². The molecule has 34 heavy (non-hydrogen) atoms. The number of rotatable bonds is 4. The molecule has 7 nitrogen and oxygen atoms in total. The third-order valence-corrected chi connectivity index (χ3v) is 9.96. The Kier molecular flexibility index (Phi) is 4.78. The minimum Gasteiger partial charge on any atom is -0.462 e. The molecule has 1 aromatic rings. The molecule has 7 rings (SSSR count). The molecule has 0 amide bonds. The summed E-state index contributed by atoms with van der Waals surface area (Å²) in [4.78, 5) is 18.0. The summed E-state index contributed by atoms with van der Waals surface area (Å²) in [5.74, 6) is 2.46. The van der Waals surface area contributed by atoms with Gasteiger partial charge >= 0.3 is 5.97 Å². The van der Waals surface area contributed by atoms with Gasteiger partial charge in [0.05, 0.1) is 12.0 Å². The standard InChI is InChI=1S/C27H36N2O5/c1-17-4-3-7-26(2)13-22-23(24-27(17,26)34-24)19(25(30)33-22)15-29-10-8-28(9-11-29)14-18-5-6-20-21(12-18)32-16-31-20/h5-6,12,17,19,22-24H,3-4,7-11,13-16H2,1-2H3/t17-,19+,22+,23+,24-,26+,27-/m0/s1. The summed E-state index contributed by atoms with van der Waals surface area (Å²) in [6.45, 7) is 10.8. The number of epoxide rings is 1. The van der Waals surface area contributed by atoms with E-state index in [1.54, 1.807) is 0 Å². The highest BCUT2D eigenvalue weighted by molar-refractivity contribution is 5.76. The van der Waals surface area contributed by atoms with Crippen LogP contribution in [0.15, 0.2) is 18.2 Å². The number of benzene rings is 1. The predicted octanol–water partition coefficient (Wildman–Crippen LogP) is 3.06. The summed E-state index contributed by atoms with van der Waals surface area (Å²) in [7, 11) is 0. The smallest absolute Gasteiger partial charge is 0.311 e. The van der Waals surface area contributed by atoms with E-state index in [9.17, 15) is 4.79 Å². The van der Waals surface area contributed by atoms with Gasteiger partial charge in [-0.1, -0.05) is 26.3 Å². The molecule has 4 aliphatic heterocycles. The molecule has 5 fully saturated rings. The van der Waals surface area contributed by atoms with E-state index in [1.807, 2.05) is 6.07 Å². The second-order valence-electron chi connectivity index (χ2n) is 11.8. The van der Waals surface area contributed by atoms with Crippen LogP contribution in [0.2, 0.25) is 0 Å². The minimum absolute atomic E-state index is 0.0119. The zero-order valence-corrected chi connectivity index (χ0v) is 20.3. The molecule has 3 saturated heterocycles. The van der Waals surface area contributed by atoms with Gasteiger partial charge in [0.25, 0.3) is 0 Å². The van der Waals surface area contributed by atoms with E-state index in [1.165, 1.54) is 24.8 Å². The molecule has 2 saturated carbocycles. The van der Waals surface area contributed by atoms with Crippen LogP contribution < -0.4 is 9.47 Å². The zero-order chi connectivity index (χ0) is 23.1. The van der Waals surface area contributed by atoms with Crippen LogP contribution in [0, 0.1) is 23.2 Å². The number of ether oxygens (including phenoxy) is 4. The average Bonchev–Trinajstić information content (AvgIpc) is 3.28. The SMILES string of the molecule is C[C@H]1CCC[C@]2(C)C[C@H]3OC(=O)[C@H](CN4CCN(Cc5ccc6c(c5)OCO6)CC4)[C@H]3[C@@H]3O[C@@]132. The largest absolute Gasteiger partial charge is 0.462 e. The fourth-order valence-electron chi connectivity index (χ4n) is 8.15. The van der Waals surface area contributed by atoms with Gasteiger partial charge in [-0.05, 0) is 42.9 Å². The van der Waals surface area contributed by atoms with Crippen molar-refractivity contribution in [1.82, 2.24) is 9.80 Å². The maximum atomic E-state index is 13.0. The lowest BCUT2D eigenvalue weighted by molar-refractivity contribution is -0.146. The molecule has 4 heterocycles. The van der Waals surface area contributed by atoms with Crippen molar-refractivity contribution in [3.63, 3.8) is 0 Å². The van der Waals surface area contributed by atoms with Crippen molar-refractivity contribution in [3.05, 3.63) is 23.8 Å². The molecule has 7 heteroatoms. The predicted molar refractivity (Wildman–Crippen MR) is 124 cm³/mol. The Bertz CT molecular complexity index is 993. The molecule has 0 N–H and O–H groups in total. The number of nitrogens with zero attached hydrogens (tertiary/aromatic N) is 2. The first-order valence-corrected chi connectivity index (χ1v) is 13.2. The monoisotopic (exact) mass is 468 g/mol. The molecule has 2 aliphatic carbocycles. The van der Waals surface area contributed by atoms with Crippen LogP contribution in [-0.2, 0) is 20.8 Å². The van der Waals surface area contributed by atoms with Crippen molar-refractivity contribution >= 4 is 5.97 Å². The van der Waals surface area contributed by atoms with Crippen molar-refractivity contribution in [2.24, 2.45) is 23.2 Å². The van der Waals surface area contributed by atoms with E-state index in [2.05, 4.69) is 35.8 Å². The highest BCUT2D eigenvalue weighted by atomic mass is 16.7. The molecule has 0 bridgehead atoms. The molecular weight excluding hydrogens is 432 g/mol. The second kappa shape index (κ2) is 7.58. The molecule has 184 valence electrons. The normalized spacial score (nSPS) is 43.1. The van der Waals surface area contributed by atoms with Crippen LogP contribution in [0.5, 0.6) is 11.5 Å². The Morgan fingerprint density at radius 2 is 1.88 bits per heavy atom. The zero-order valence-electron chi connectivity index (χ0n) is 20.3. The highest BCUT2D eigenvalue weighted by Crippen LogP contribution is 2.70. The van der Waals surface area contributed by atoms with Crippen molar-refractivity contribution in [2.75, 3.05) is 39.5 Å². The molecule has 0 radical (unpaired) electrons. The lowest BCUT2D eigenvalue weighted by atomic mass is 9.53. The highest BCUT2D eigenvalue weighted by Gasteiger charge is 2.78. The first kappa shape index (κ1) is 21.5. The van der Waals surface area contributed by atoms with E-state index >= 15 is 0 Å². The van der Waals surface area contributed by atoms with Crippen LogP contribution in [-0.4, -0.2) is 73.1 Å². The van der Waals surface area contributed by atoms with Crippen molar-refractivity contribution in [1.29, 1.82) is 0 Å². The first-order chi connectivity index (χ1) is 16.5. The third-order valence-electron chi connectivity index (χ3n) is 9.96. The van der Waals surface area contributed by atoms with Crippen molar-refractivity contribution < 1.29 is 23.7 Å². The number of esters is 1. The number of hydrogen-bond acceptors (Lipinski definition) is 7. The molecular formula is C27H36N2O5. The Labute approximate surface area is 201 Å². The van der Waals surface area contributed by atoms with E-state index in [0.29, 0.717) is 12.7 Å². The summed E-state index contributed by atoms with van der Waals surface area (Å²) >= 11 is 0. The third kappa shape index (κ3) is 3.09. The Balaban J connectivity index is 0.989. The van der Waals surface area contributed by atoms with Gasteiger partial charge in [-0.2, -0.15) is 0 Å². The van der Waals surface area contributed by atoms with Crippen molar-refractivity contribution in [3.8, 4) is 11.5 Å². The van der Waals surface area contributed by atoms with Gasteiger partial charge in [0.1, 0.15) is 11.7 Å². The van der Waals surface area contributed by atoms with Crippen LogP contribution >= 0.6 is 0 Å². The average molecular weight is 469 g/mol. The van der Waals surface area contributed by atoms with Gasteiger partial charge in [0, 0.05) is 50.6 Å². The maximum Gasteiger partial charge on any atom is 0.311 e. The summed E-state index contributed by atoms with van der Waals surface area (Å²) in [5, 5.41) is 0. The molecule has 0 unspecified atom stereocenters.